The Hall–Kier alpha value is -0.370. The molecule has 12 heavy (non-hydrogen) atoms. The highest BCUT2D eigenvalue weighted by molar-refractivity contribution is 5.85. The van der Waals surface area contributed by atoms with Gasteiger partial charge in [-0.1, -0.05) is 26.7 Å². The molecule has 0 aromatic heterocycles. The number of rotatable bonds is 6. The molecule has 0 aliphatic heterocycles. The smallest absolute Gasteiger partial charge is 0.152 e. The van der Waals surface area contributed by atoms with E-state index in [0.29, 0.717) is 0 Å². The second-order valence-corrected chi connectivity index (χ2v) is 3.47. The number of ketones is 1. The van der Waals surface area contributed by atoms with Crippen molar-refractivity contribution in [3.05, 3.63) is 0 Å². The molecule has 0 aliphatic rings. The Bertz CT molecular complexity index is 126. The van der Waals surface area contributed by atoms with Gasteiger partial charge in [-0.15, -0.1) is 0 Å². The minimum absolute atomic E-state index is 0.208. The van der Waals surface area contributed by atoms with Gasteiger partial charge in [-0.2, -0.15) is 0 Å². The fourth-order valence-electron chi connectivity index (χ4n) is 1.50. The van der Waals surface area contributed by atoms with Gasteiger partial charge in [0.2, 0.25) is 0 Å². The van der Waals surface area contributed by atoms with Gasteiger partial charge in [0.15, 0.2) is 5.78 Å². The Morgan fingerprint density at radius 3 is 1.92 bits per heavy atom. The van der Waals surface area contributed by atoms with E-state index in [-0.39, 0.29) is 17.7 Å². The van der Waals surface area contributed by atoms with Crippen molar-refractivity contribution in [2.75, 3.05) is 0 Å². The van der Waals surface area contributed by atoms with Crippen molar-refractivity contribution < 1.29 is 4.79 Å². The van der Waals surface area contributed by atoms with Crippen LogP contribution in [-0.2, 0) is 4.79 Å². The van der Waals surface area contributed by atoms with Crippen molar-refractivity contribution in [2.45, 2.75) is 52.5 Å². The summed E-state index contributed by atoms with van der Waals surface area (Å²) in [5.41, 5.74) is 5.55. The first-order valence-electron chi connectivity index (χ1n) is 4.92. The first-order valence-corrected chi connectivity index (χ1v) is 4.92. The van der Waals surface area contributed by atoms with Crippen LogP contribution < -0.4 is 5.73 Å². The summed E-state index contributed by atoms with van der Waals surface area (Å²) in [4.78, 5) is 11.5. The highest BCUT2D eigenvalue weighted by atomic mass is 16.1. The third kappa shape index (κ3) is 3.86. The molecule has 0 spiro atoms. The first kappa shape index (κ1) is 11.6. The Morgan fingerprint density at radius 1 is 1.25 bits per heavy atom. The van der Waals surface area contributed by atoms with Gasteiger partial charge < -0.3 is 5.73 Å². The van der Waals surface area contributed by atoms with Crippen LogP contribution in [0.15, 0.2) is 0 Å². The fraction of sp³-hybridized carbons (Fsp3) is 0.900. The molecule has 2 heteroatoms. The number of hydrogen-bond acceptors (Lipinski definition) is 2. The van der Waals surface area contributed by atoms with Gasteiger partial charge >= 0.3 is 0 Å². The van der Waals surface area contributed by atoms with Crippen molar-refractivity contribution >= 4 is 5.78 Å². The Kier molecular flexibility index (Phi) is 5.99. The standard InChI is InChI=1S/C10H21NO/c1-4-6-9(7-5-2)10(12)8(3)11/h8-9H,4-7,11H2,1-3H3. The van der Waals surface area contributed by atoms with Crippen LogP contribution >= 0.6 is 0 Å². The molecule has 0 radical (unpaired) electrons. The monoisotopic (exact) mass is 171 g/mol. The SMILES string of the molecule is CCCC(CCC)C(=O)C(C)N. The van der Waals surface area contributed by atoms with Crippen LogP contribution in [0.4, 0.5) is 0 Å². The summed E-state index contributed by atoms with van der Waals surface area (Å²) in [6, 6.07) is -0.284. The third-order valence-electron chi connectivity index (χ3n) is 2.13. The molecule has 2 N–H and O–H groups in total. The number of carbonyl (C=O) groups excluding carboxylic acids is 1. The molecular formula is C10H21NO. The summed E-state index contributed by atoms with van der Waals surface area (Å²) in [5.74, 6) is 0.443. The molecule has 72 valence electrons. The van der Waals surface area contributed by atoms with Gasteiger partial charge in [0.05, 0.1) is 6.04 Å². The average molecular weight is 171 g/mol. The maximum Gasteiger partial charge on any atom is 0.152 e. The Morgan fingerprint density at radius 2 is 1.67 bits per heavy atom. The van der Waals surface area contributed by atoms with E-state index in [4.69, 9.17) is 5.73 Å². The maximum atomic E-state index is 11.5. The van der Waals surface area contributed by atoms with Crippen LogP contribution in [0.1, 0.15) is 46.5 Å². The normalized spacial score (nSPS) is 13.4. The van der Waals surface area contributed by atoms with Crippen LogP contribution in [-0.4, -0.2) is 11.8 Å². The van der Waals surface area contributed by atoms with Gasteiger partial charge in [-0.3, -0.25) is 4.79 Å². The van der Waals surface area contributed by atoms with Gasteiger partial charge in [-0.05, 0) is 19.8 Å². The predicted molar refractivity (Wildman–Crippen MR) is 52.0 cm³/mol. The van der Waals surface area contributed by atoms with Crippen molar-refractivity contribution in [3.63, 3.8) is 0 Å². The summed E-state index contributed by atoms with van der Waals surface area (Å²) in [6.07, 6.45) is 4.13. The quantitative estimate of drug-likeness (QED) is 0.665. The molecule has 0 aliphatic carbocycles. The van der Waals surface area contributed by atoms with E-state index in [2.05, 4.69) is 13.8 Å². The summed E-state index contributed by atoms with van der Waals surface area (Å²) in [7, 11) is 0. The van der Waals surface area contributed by atoms with Crippen LogP contribution in [0, 0.1) is 5.92 Å². The zero-order valence-electron chi connectivity index (χ0n) is 8.47. The van der Waals surface area contributed by atoms with Crippen molar-refractivity contribution in [3.8, 4) is 0 Å². The van der Waals surface area contributed by atoms with Gasteiger partial charge in [0, 0.05) is 5.92 Å². The predicted octanol–water partition coefficient (Wildman–Crippen LogP) is 2.12. The first-order chi connectivity index (χ1) is 5.63. The molecule has 0 aromatic rings. The number of nitrogens with two attached hydrogens (primary N) is 1. The molecule has 0 fully saturated rings. The lowest BCUT2D eigenvalue weighted by atomic mass is 9.91. The van der Waals surface area contributed by atoms with E-state index in [0.717, 1.165) is 25.7 Å². The average Bonchev–Trinajstić information content (AvgIpc) is 2.03. The van der Waals surface area contributed by atoms with Crippen LogP contribution in [0.3, 0.4) is 0 Å². The zero-order chi connectivity index (χ0) is 9.56. The Balaban J connectivity index is 3.99. The molecule has 0 saturated carbocycles. The van der Waals surface area contributed by atoms with E-state index in [1.54, 1.807) is 6.92 Å². The summed E-state index contributed by atoms with van der Waals surface area (Å²) in [6.45, 7) is 5.99. The lowest BCUT2D eigenvalue weighted by molar-refractivity contribution is -0.124. The second-order valence-electron chi connectivity index (χ2n) is 3.47. The van der Waals surface area contributed by atoms with Crippen molar-refractivity contribution in [1.82, 2.24) is 0 Å². The molecule has 0 saturated heterocycles. The van der Waals surface area contributed by atoms with Gasteiger partial charge in [-0.25, -0.2) is 0 Å². The summed E-state index contributed by atoms with van der Waals surface area (Å²) in [5, 5.41) is 0. The van der Waals surface area contributed by atoms with Crippen molar-refractivity contribution in [1.29, 1.82) is 0 Å². The zero-order valence-corrected chi connectivity index (χ0v) is 8.47. The van der Waals surface area contributed by atoms with E-state index >= 15 is 0 Å². The lowest BCUT2D eigenvalue weighted by Gasteiger charge is -2.15. The highest BCUT2D eigenvalue weighted by Crippen LogP contribution is 2.15. The molecule has 0 heterocycles. The minimum atomic E-state index is -0.284. The number of hydrogen-bond donors (Lipinski definition) is 1. The molecule has 0 bridgehead atoms. The maximum absolute atomic E-state index is 11.5. The Labute approximate surface area is 75.5 Å². The van der Waals surface area contributed by atoms with E-state index in [9.17, 15) is 4.79 Å². The molecule has 0 aromatic carbocycles. The van der Waals surface area contributed by atoms with Crippen LogP contribution in [0.2, 0.25) is 0 Å². The molecule has 1 unspecified atom stereocenters. The van der Waals surface area contributed by atoms with Gasteiger partial charge in [0.1, 0.15) is 0 Å². The topological polar surface area (TPSA) is 43.1 Å². The van der Waals surface area contributed by atoms with E-state index in [1.807, 2.05) is 0 Å². The highest BCUT2D eigenvalue weighted by Gasteiger charge is 2.19. The number of Topliss-reactive ketones (excluding diaryl/α,β-unsaturated/α-hetero) is 1. The summed E-state index contributed by atoms with van der Waals surface area (Å²) < 4.78 is 0. The van der Waals surface area contributed by atoms with E-state index < -0.39 is 0 Å². The minimum Gasteiger partial charge on any atom is -0.322 e. The molecule has 0 rings (SSSR count). The lowest BCUT2D eigenvalue weighted by Crippen LogP contribution is -2.32. The number of carbonyl (C=O) groups is 1. The van der Waals surface area contributed by atoms with Crippen LogP contribution in [0.25, 0.3) is 0 Å². The summed E-state index contributed by atoms with van der Waals surface area (Å²) >= 11 is 0. The third-order valence-corrected chi connectivity index (χ3v) is 2.13. The fourth-order valence-corrected chi connectivity index (χ4v) is 1.50. The van der Waals surface area contributed by atoms with Crippen LogP contribution in [0.5, 0.6) is 0 Å². The van der Waals surface area contributed by atoms with E-state index in [1.165, 1.54) is 0 Å². The molecule has 1 atom stereocenters. The van der Waals surface area contributed by atoms with Crippen molar-refractivity contribution in [2.24, 2.45) is 11.7 Å². The molecule has 0 amide bonds. The van der Waals surface area contributed by atoms with Gasteiger partial charge in [0.25, 0.3) is 0 Å². The second kappa shape index (κ2) is 6.18. The molecular weight excluding hydrogens is 150 g/mol. The molecule has 2 nitrogen and oxygen atoms in total. The largest absolute Gasteiger partial charge is 0.322 e.